The molecule has 2 aromatic heterocycles. The second-order valence-corrected chi connectivity index (χ2v) is 5.62. The quantitative estimate of drug-likeness (QED) is 0.761. The Kier molecular flexibility index (Phi) is 5.83. The molecule has 0 saturated carbocycles. The number of carbonyl (C=O) groups is 1. The van der Waals surface area contributed by atoms with Crippen molar-refractivity contribution in [3.05, 3.63) is 46.5 Å². The fourth-order valence-electron chi connectivity index (χ4n) is 1.96. The lowest BCUT2D eigenvalue weighted by atomic mass is 10.2. The fraction of sp³-hybridized carbons (Fsp3) is 0.400. The molecule has 108 valence electrons. The maximum atomic E-state index is 12.3. The summed E-state index contributed by atoms with van der Waals surface area (Å²) in [7, 11) is 0. The van der Waals surface area contributed by atoms with Gasteiger partial charge in [-0.05, 0) is 36.4 Å². The van der Waals surface area contributed by atoms with Gasteiger partial charge in [-0.1, -0.05) is 6.07 Å². The maximum absolute atomic E-state index is 12.3. The Balaban J connectivity index is 1.97. The van der Waals surface area contributed by atoms with Crippen LogP contribution in [0.1, 0.15) is 29.9 Å². The number of amides is 1. The van der Waals surface area contributed by atoms with Crippen molar-refractivity contribution in [3.8, 4) is 0 Å². The second-order valence-electron chi connectivity index (χ2n) is 4.59. The summed E-state index contributed by atoms with van der Waals surface area (Å²) in [6.07, 6.45) is 3.47. The van der Waals surface area contributed by atoms with Crippen molar-refractivity contribution >= 4 is 17.2 Å². The Morgan fingerprint density at radius 1 is 1.25 bits per heavy atom. The summed E-state index contributed by atoms with van der Waals surface area (Å²) in [5, 5.41) is 10.8. The highest BCUT2D eigenvalue weighted by molar-refractivity contribution is 7.09. The molecule has 2 rings (SSSR count). The Bertz CT molecular complexity index is 457. The average molecular weight is 293 g/mol. The van der Waals surface area contributed by atoms with Crippen molar-refractivity contribution in [1.29, 1.82) is 0 Å². The standard InChI is InChI=1S/C15H19NO3S/c17-8-2-1-7-15(18)16(11-13-5-3-9-19-13)12-14-6-4-10-20-14/h3-6,9-10,17H,1-2,7-8,11-12H2. The number of rotatable bonds is 8. The Labute approximate surface area is 122 Å². The van der Waals surface area contributed by atoms with Crippen LogP contribution in [0.25, 0.3) is 0 Å². The predicted molar refractivity (Wildman–Crippen MR) is 78.2 cm³/mol. The molecule has 2 aromatic rings. The van der Waals surface area contributed by atoms with Crippen LogP contribution in [-0.4, -0.2) is 22.5 Å². The summed E-state index contributed by atoms with van der Waals surface area (Å²) in [5.41, 5.74) is 0. The first-order valence-electron chi connectivity index (χ1n) is 6.73. The van der Waals surface area contributed by atoms with E-state index in [4.69, 9.17) is 9.52 Å². The van der Waals surface area contributed by atoms with Gasteiger partial charge >= 0.3 is 0 Å². The largest absolute Gasteiger partial charge is 0.467 e. The smallest absolute Gasteiger partial charge is 0.223 e. The number of furan rings is 1. The van der Waals surface area contributed by atoms with Crippen molar-refractivity contribution < 1.29 is 14.3 Å². The van der Waals surface area contributed by atoms with Gasteiger partial charge in [0, 0.05) is 17.9 Å². The lowest BCUT2D eigenvalue weighted by Crippen LogP contribution is -2.29. The van der Waals surface area contributed by atoms with Crippen molar-refractivity contribution in [1.82, 2.24) is 4.90 Å². The number of hydrogen-bond acceptors (Lipinski definition) is 4. The highest BCUT2D eigenvalue weighted by Crippen LogP contribution is 2.16. The highest BCUT2D eigenvalue weighted by Gasteiger charge is 2.15. The minimum Gasteiger partial charge on any atom is -0.467 e. The molecule has 0 aliphatic rings. The lowest BCUT2D eigenvalue weighted by Gasteiger charge is -2.21. The summed E-state index contributed by atoms with van der Waals surface area (Å²) < 4.78 is 5.33. The summed E-state index contributed by atoms with van der Waals surface area (Å²) in [6, 6.07) is 7.72. The number of aliphatic hydroxyl groups excluding tert-OH is 1. The molecular weight excluding hydrogens is 274 g/mol. The molecule has 4 nitrogen and oxygen atoms in total. The van der Waals surface area contributed by atoms with Crippen molar-refractivity contribution in [2.45, 2.75) is 32.4 Å². The van der Waals surface area contributed by atoms with Gasteiger partial charge in [-0.3, -0.25) is 4.79 Å². The first-order chi connectivity index (χ1) is 9.79. The molecule has 0 aromatic carbocycles. The Hall–Kier alpha value is -1.59. The summed E-state index contributed by atoms with van der Waals surface area (Å²) in [4.78, 5) is 15.2. The van der Waals surface area contributed by atoms with Crippen molar-refractivity contribution in [3.63, 3.8) is 0 Å². The highest BCUT2D eigenvalue weighted by atomic mass is 32.1. The van der Waals surface area contributed by atoms with Gasteiger partial charge in [0.1, 0.15) is 5.76 Å². The number of hydrogen-bond donors (Lipinski definition) is 1. The summed E-state index contributed by atoms with van der Waals surface area (Å²) >= 11 is 1.65. The Morgan fingerprint density at radius 2 is 2.15 bits per heavy atom. The van der Waals surface area contributed by atoms with Gasteiger partial charge in [-0.15, -0.1) is 11.3 Å². The fourth-order valence-corrected chi connectivity index (χ4v) is 2.68. The zero-order valence-corrected chi connectivity index (χ0v) is 12.1. The van der Waals surface area contributed by atoms with Gasteiger partial charge in [0.15, 0.2) is 0 Å². The van der Waals surface area contributed by atoms with E-state index in [9.17, 15) is 4.79 Å². The number of aliphatic hydroxyl groups is 1. The van der Waals surface area contributed by atoms with E-state index < -0.39 is 0 Å². The molecule has 0 saturated heterocycles. The van der Waals surface area contributed by atoms with E-state index in [1.165, 1.54) is 0 Å². The van der Waals surface area contributed by atoms with Crippen LogP contribution in [0.5, 0.6) is 0 Å². The molecule has 0 spiro atoms. The number of unbranched alkanes of at least 4 members (excludes halogenated alkanes) is 1. The average Bonchev–Trinajstić information content (AvgIpc) is 3.11. The van der Waals surface area contributed by atoms with Crippen LogP contribution in [-0.2, 0) is 17.9 Å². The number of carbonyl (C=O) groups excluding carboxylic acids is 1. The molecule has 0 fully saturated rings. The van der Waals surface area contributed by atoms with E-state index >= 15 is 0 Å². The third kappa shape index (κ3) is 4.51. The molecule has 5 heteroatoms. The van der Waals surface area contributed by atoms with Crippen LogP contribution in [0.15, 0.2) is 40.3 Å². The van der Waals surface area contributed by atoms with Crippen LogP contribution in [0.2, 0.25) is 0 Å². The minimum atomic E-state index is 0.100. The van der Waals surface area contributed by atoms with Crippen LogP contribution in [0.3, 0.4) is 0 Å². The summed E-state index contributed by atoms with van der Waals surface area (Å²) in [5.74, 6) is 0.889. The molecule has 1 N–H and O–H groups in total. The van der Waals surface area contributed by atoms with Gasteiger partial charge in [-0.2, -0.15) is 0 Å². The molecule has 2 heterocycles. The zero-order valence-electron chi connectivity index (χ0n) is 11.3. The topological polar surface area (TPSA) is 53.7 Å². The maximum Gasteiger partial charge on any atom is 0.223 e. The molecule has 20 heavy (non-hydrogen) atoms. The molecule has 0 aliphatic carbocycles. The van der Waals surface area contributed by atoms with E-state index in [1.54, 1.807) is 17.6 Å². The molecule has 0 atom stereocenters. The van der Waals surface area contributed by atoms with Gasteiger partial charge in [-0.25, -0.2) is 0 Å². The van der Waals surface area contributed by atoms with Crippen molar-refractivity contribution in [2.24, 2.45) is 0 Å². The monoisotopic (exact) mass is 293 g/mol. The van der Waals surface area contributed by atoms with E-state index in [2.05, 4.69) is 0 Å². The molecule has 0 aliphatic heterocycles. The van der Waals surface area contributed by atoms with Crippen LogP contribution >= 0.6 is 11.3 Å². The van der Waals surface area contributed by atoms with E-state index in [0.717, 1.165) is 10.6 Å². The number of thiophene rings is 1. The van der Waals surface area contributed by atoms with E-state index in [1.807, 2.05) is 34.5 Å². The van der Waals surface area contributed by atoms with E-state index in [-0.39, 0.29) is 12.5 Å². The minimum absolute atomic E-state index is 0.100. The SMILES string of the molecule is O=C(CCCCO)N(Cc1ccco1)Cc1cccs1. The van der Waals surface area contributed by atoms with Gasteiger partial charge < -0.3 is 14.4 Å². The van der Waals surface area contributed by atoms with Gasteiger partial charge in [0.05, 0.1) is 19.4 Å². The predicted octanol–water partition coefficient (Wildman–Crippen LogP) is 3.03. The first kappa shape index (κ1) is 14.8. The Morgan fingerprint density at radius 3 is 2.80 bits per heavy atom. The molecule has 0 unspecified atom stereocenters. The van der Waals surface area contributed by atoms with Crippen LogP contribution in [0, 0.1) is 0 Å². The zero-order chi connectivity index (χ0) is 14.2. The normalized spacial score (nSPS) is 10.7. The third-order valence-corrected chi connectivity index (χ3v) is 3.87. The lowest BCUT2D eigenvalue weighted by molar-refractivity contribution is -0.132. The van der Waals surface area contributed by atoms with Crippen molar-refractivity contribution in [2.75, 3.05) is 6.61 Å². The summed E-state index contributed by atoms with van der Waals surface area (Å²) in [6.45, 7) is 1.23. The molecular formula is C15H19NO3S. The number of nitrogens with zero attached hydrogens (tertiary/aromatic N) is 1. The molecule has 0 bridgehead atoms. The molecule has 0 radical (unpaired) electrons. The van der Waals surface area contributed by atoms with E-state index in [0.29, 0.717) is 32.4 Å². The second kappa shape index (κ2) is 7.87. The third-order valence-electron chi connectivity index (χ3n) is 3.01. The molecule has 1 amide bonds. The van der Waals surface area contributed by atoms with Gasteiger partial charge in [0.2, 0.25) is 5.91 Å². The van der Waals surface area contributed by atoms with Gasteiger partial charge in [0.25, 0.3) is 0 Å². The van der Waals surface area contributed by atoms with Crippen LogP contribution in [0.4, 0.5) is 0 Å². The van der Waals surface area contributed by atoms with Crippen LogP contribution < -0.4 is 0 Å². The first-order valence-corrected chi connectivity index (χ1v) is 7.61.